The van der Waals surface area contributed by atoms with Crippen LogP contribution >= 0.6 is 11.3 Å². The van der Waals surface area contributed by atoms with Crippen molar-refractivity contribution in [2.24, 2.45) is 0 Å². The Morgan fingerprint density at radius 2 is 1.71 bits per heavy atom. The molecule has 1 heterocycles. The molecule has 8 heteroatoms. The number of anilines is 2. The molecule has 4 aromatic rings. The molecule has 1 aromatic heterocycles. The number of benzene rings is 3. The number of para-hydroxylation sites is 1. The van der Waals surface area contributed by atoms with Gasteiger partial charge in [0.15, 0.2) is 0 Å². The molecule has 0 fully saturated rings. The van der Waals surface area contributed by atoms with Crippen molar-refractivity contribution < 1.29 is 17.6 Å². The number of fused-ring (bicyclic) bond motifs is 1. The van der Waals surface area contributed by atoms with E-state index < -0.39 is 15.8 Å². The van der Waals surface area contributed by atoms with Gasteiger partial charge in [0.2, 0.25) is 0 Å². The second-order valence-electron chi connectivity index (χ2n) is 7.03. The van der Waals surface area contributed by atoms with Crippen LogP contribution in [0.4, 0.5) is 15.8 Å². The lowest BCUT2D eigenvalue weighted by molar-refractivity contribution is 0.103. The van der Waals surface area contributed by atoms with Gasteiger partial charge in [0.05, 0.1) is 15.5 Å². The molecule has 0 radical (unpaired) electrons. The second kappa shape index (κ2) is 8.13. The number of hydrogen-bond acceptors (Lipinski definition) is 4. The fourth-order valence-corrected chi connectivity index (χ4v) is 5.26. The Balaban J connectivity index is 1.62. The molecule has 158 valence electrons. The van der Waals surface area contributed by atoms with Gasteiger partial charge in [-0.1, -0.05) is 18.2 Å². The quantitative estimate of drug-likeness (QED) is 0.438. The van der Waals surface area contributed by atoms with Gasteiger partial charge in [0.25, 0.3) is 15.9 Å². The minimum atomic E-state index is -3.84. The van der Waals surface area contributed by atoms with E-state index in [1.807, 2.05) is 31.2 Å². The predicted octanol–water partition coefficient (Wildman–Crippen LogP) is 5.43. The van der Waals surface area contributed by atoms with E-state index in [4.69, 9.17) is 0 Å². The number of sulfonamides is 1. The summed E-state index contributed by atoms with van der Waals surface area (Å²) >= 11 is 1.33. The summed E-state index contributed by atoms with van der Waals surface area (Å²) in [4.78, 5) is 13.2. The van der Waals surface area contributed by atoms with Crippen molar-refractivity contribution in [3.8, 4) is 0 Å². The number of nitrogens with one attached hydrogen (secondary N) is 1. The highest BCUT2D eigenvalue weighted by Gasteiger charge is 2.22. The van der Waals surface area contributed by atoms with Crippen LogP contribution in [0.3, 0.4) is 0 Å². The number of halogens is 1. The van der Waals surface area contributed by atoms with Gasteiger partial charge in [-0.15, -0.1) is 11.3 Å². The lowest BCUT2D eigenvalue weighted by Gasteiger charge is -2.19. The number of amides is 1. The maximum atomic E-state index is 13.2. The molecule has 0 spiro atoms. The number of aryl methyl sites for hydroxylation is 1. The monoisotopic (exact) mass is 454 g/mol. The second-order valence-corrected chi connectivity index (χ2v) is 10.1. The lowest BCUT2D eigenvalue weighted by atomic mass is 10.2. The molecule has 5 nitrogen and oxygen atoms in total. The highest BCUT2D eigenvalue weighted by Crippen LogP contribution is 2.31. The molecule has 1 amide bonds. The van der Waals surface area contributed by atoms with Crippen molar-refractivity contribution in [2.75, 3.05) is 16.7 Å². The Kier molecular flexibility index (Phi) is 5.51. The van der Waals surface area contributed by atoms with E-state index in [2.05, 4.69) is 5.32 Å². The zero-order valence-electron chi connectivity index (χ0n) is 16.8. The molecule has 0 unspecified atom stereocenters. The van der Waals surface area contributed by atoms with Crippen LogP contribution in [0.25, 0.3) is 10.1 Å². The third-order valence-electron chi connectivity index (χ3n) is 4.95. The van der Waals surface area contributed by atoms with Gasteiger partial charge >= 0.3 is 0 Å². The summed E-state index contributed by atoms with van der Waals surface area (Å²) in [5.74, 6) is -0.720. The van der Waals surface area contributed by atoms with Crippen LogP contribution in [0.15, 0.2) is 77.7 Å². The Morgan fingerprint density at radius 1 is 1.00 bits per heavy atom. The number of rotatable bonds is 5. The minimum absolute atomic E-state index is 0.000105. The molecular weight excluding hydrogens is 435 g/mol. The average molecular weight is 455 g/mol. The fraction of sp³-hybridized carbons (Fsp3) is 0.0870. The Labute approximate surface area is 183 Å². The van der Waals surface area contributed by atoms with E-state index >= 15 is 0 Å². The summed E-state index contributed by atoms with van der Waals surface area (Å²) < 4.78 is 40.9. The Morgan fingerprint density at radius 3 is 2.42 bits per heavy atom. The van der Waals surface area contributed by atoms with Crippen LogP contribution in [0.1, 0.15) is 15.2 Å². The molecule has 0 saturated heterocycles. The minimum Gasteiger partial charge on any atom is -0.321 e. The van der Waals surface area contributed by atoms with Crippen molar-refractivity contribution in [2.45, 2.75) is 11.8 Å². The molecule has 0 aliphatic heterocycles. The topological polar surface area (TPSA) is 66.5 Å². The molecule has 31 heavy (non-hydrogen) atoms. The number of hydrogen-bond donors (Lipinski definition) is 1. The first-order valence-electron chi connectivity index (χ1n) is 9.41. The first-order valence-corrected chi connectivity index (χ1v) is 11.7. The first kappa shape index (κ1) is 21.0. The number of carbonyl (C=O) groups excluding carboxylic acids is 1. The van der Waals surface area contributed by atoms with E-state index in [0.717, 1.165) is 37.8 Å². The van der Waals surface area contributed by atoms with Crippen LogP contribution in [-0.2, 0) is 10.0 Å². The summed E-state index contributed by atoms with van der Waals surface area (Å²) in [6.45, 7) is 1.92. The summed E-state index contributed by atoms with van der Waals surface area (Å²) in [7, 11) is -2.40. The number of thiophene rings is 1. The summed E-state index contributed by atoms with van der Waals surface area (Å²) in [6.07, 6.45) is 0. The number of nitrogens with zero attached hydrogens (tertiary/aromatic N) is 1. The highest BCUT2D eigenvalue weighted by atomic mass is 32.2. The number of carbonyl (C=O) groups is 1. The van der Waals surface area contributed by atoms with Gasteiger partial charge in [-0.2, -0.15) is 0 Å². The molecule has 4 rings (SSSR count). The molecule has 0 aliphatic carbocycles. The average Bonchev–Trinajstić information content (AvgIpc) is 3.18. The molecular formula is C23H19FN2O3S2. The van der Waals surface area contributed by atoms with Gasteiger partial charge in [-0.05, 0) is 72.5 Å². The SMILES string of the molecule is Cc1ccccc1NC(=O)c1cc2cc(N(C)S(=O)(=O)c3ccc(F)cc3)ccc2s1. The van der Waals surface area contributed by atoms with Crippen molar-refractivity contribution in [3.63, 3.8) is 0 Å². The van der Waals surface area contributed by atoms with Crippen LogP contribution in [0, 0.1) is 12.7 Å². The van der Waals surface area contributed by atoms with E-state index in [1.165, 1.54) is 30.5 Å². The van der Waals surface area contributed by atoms with Gasteiger partial charge in [0, 0.05) is 17.4 Å². The summed E-state index contributed by atoms with van der Waals surface area (Å²) in [5.41, 5.74) is 2.16. The maximum Gasteiger partial charge on any atom is 0.265 e. The fourth-order valence-electron chi connectivity index (χ4n) is 3.14. The molecule has 0 bridgehead atoms. The maximum absolute atomic E-state index is 13.2. The van der Waals surface area contributed by atoms with E-state index in [-0.39, 0.29) is 10.8 Å². The van der Waals surface area contributed by atoms with E-state index in [0.29, 0.717) is 10.6 Å². The van der Waals surface area contributed by atoms with E-state index in [1.54, 1.807) is 24.3 Å². The van der Waals surface area contributed by atoms with Crippen molar-refractivity contribution in [1.29, 1.82) is 0 Å². The largest absolute Gasteiger partial charge is 0.321 e. The lowest BCUT2D eigenvalue weighted by Crippen LogP contribution is -2.26. The zero-order valence-corrected chi connectivity index (χ0v) is 18.4. The van der Waals surface area contributed by atoms with Crippen LogP contribution in [0.5, 0.6) is 0 Å². The van der Waals surface area contributed by atoms with Gasteiger partial charge in [-0.25, -0.2) is 12.8 Å². The molecule has 0 atom stereocenters. The highest BCUT2D eigenvalue weighted by molar-refractivity contribution is 7.92. The molecule has 1 N–H and O–H groups in total. The van der Waals surface area contributed by atoms with Gasteiger partial charge in [-0.3, -0.25) is 9.10 Å². The predicted molar refractivity (Wildman–Crippen MR) is 123 cm³/mol. The van der Waals surface area contributed by atoms with Gasteiger partial charge < -0.3 is 5.32 Å². The van der Waals surface area contributed by atoms with Crippen LogP contribution in [-0.4, -0.2) is 21.4 Å². The third-order valence-corrected chi connectivity index (χ3v) is 7.87. The molecule has 3 aromatic carbocycles. The van der Waals surface area contributed by atoms with Crippen LogP contribution in [0.2, 0.25) is 0 Å². The third kappa shape index (κ3) is 4.17. The Hall–Kier alpha value is -3.23. The smallest absolute Gasteiger partial charge is 0.265 e. The van der Waals surface area contributed by atoms with Crippen molar-refractivity contribution >= 4 is 48.7 Å². The van der Waals surface area contributed by atoms with E-state index in [9.17, 15) is 17.6 Å². The Bertz CT molecular complexity index is 1380. The standard InChI is InChI=1S/C23H19FN2O3S2/c1-15-5-3-4-6-20(15)25-23(27)22-14-16-13-18(9-12-21(16)30-22)26(2)31(28,29)19-10-7-17(24)8-11-19/h3-14H,1-2H3,(H,25,27). The summed E-state index contributed by atoms with van der Waals surface area (Å²) in [5, 5.41) is 3.67. The normalized spacial score (nSPS) is 11.5. The molecule has 0 aliphatic rings. The summed E-state index contributed by atoms with van der Waals surface area (Å²) in [6, 6.07) is 19.2. The van der Waals surface area contributed by atoms with Crippen molar-refractivity contribution in [1.82, 2.24) is 0 Å². The zero-order chi connectivity index (χ0) is 22.2. The van der Waals surface area contributed by atoms with Crippen molar-refractivity contribution in [3.05, 3.63) is 89.1 Å². The first-order chi connectivity index (χ1) is 14.8. The molecule has 0 saturated carbocycles. The van der Waals surface area contributed by atoms with Gasteiger partial charge in [0.1, 0.15) is 5.82 Å². The van der Waals surface area contributed by atoms with Crippen LogP contribution < -0.4 is 9.62 Å².